The summed E-state index contributed by atoms with van der Waals surface area (Å²) in [4.78, 5) is 13.1. The Labute approximate surface area is 72.1 Å². The fraction of sp³-hybridized carbons (Fsp3) is 0.875. The molecule has 12 heavy (non-hydrogen) atoms. The number of likely N-dealkylation sites (N-methyl/N-ethyl adjacent to an activating group) is 1. The van der Waals surface area contributed by atoms with Gasteiger partial charge in [-0.05, 0) is 20.4 Å². The molecular formula is C8H15NO3. The summed E-state index contributed by atoms with van der Waals surface area (Å²) < 4.78 is 4.83. The summed E-state index contributed by atoms with van der Waals surface area (Å²) in [5, 5.41) is 9.41. The highest BCUT2D eigenvalue weighted by atomic mass is 16.5. The first-order chi connectivity index (χ1) is 5.66. The van der Waals surface area contributed by atoms with Crippen LogP contribution in [-0.4, -0.2) is 48.3 Å². The molecule has 1 saturated heterocycles. The number of hydrogen-bond acceptors (Lipinski definition) is 4. The highest BCUT2D eigenvalue weighted by molar-refractivity contribution is 5.76. The molecule has 1 aliphatic rings. The maximum Gasteiger partial charge on any atom is 0.326 e. The van der Waals surface area contributed by atoms with Crippen LogP contribution in [0.2, 0.25) is 0 Å². The number of aliphatic hydroxyl groups is 1. The lowest BCUT2D eigenvalue weighted by Crippen LogP contribution is -2.40. The van der Waals surface area contributed by atoms with E-state index in [1.807, 2.05) is 11.9 Å². The van der Waals surface area contributed by atoms with Crippen LogP contribution in [-0.2, 0) is 9.53 Å². The third kappa shape index (κ3) is 1.76. The van der Waals surface area contributed by atoms with E-state index in [1.54, 1.807) is 6.92 Å². The average Bonchev–Trinajstić information content (AvgIpc) is 2.32. The van der Waals surface area contributed by atoms with Crippen LogP contribution in [0.5, 0.6) is 0 Å². The predicted molar refractivity (Wildman–Crippen MR) is 43.7 cm³/mol. The van der Waals surface area contributed by atoms with Crippen molar-refractivity contribution in [3.8, 4) is 0 Å². The molecule has 1 rings (SSSR count). The van der Waals surface area contributed by atoms with Crippen LogP contribution in [0.3, 0.4) is 0 Å². The van der Waals surface area contributed by atoms with Crippen LogP contribution in [0.25, 0.3) is 0 Å². The smallest absolute Gasteiger partial charge is 0.326 e. The highest BCUT2D eigenvalue weighted by Gasteiger charge is 2.36. The van der Waals surface area contributed by atoms with E-state index >= 15 is 0 Å². The van der Waals surface area contributed by atoms with Crippen molar-refractivity contribution in [1.82, 2.24) is 4.90 Å². The maximum absolute atomic E-state index is 11.2. The molecule has 0 aromatic rings. The number of carbonyl (C=O) groups is 1. The van der Waals surface area contributed by atoms with Crippen LogP contribution in [0.15, 0.2) is 0 Å². The molecule has 0 amide bonds. The molecule has 4 nitrogen and oxygen atoms in total. The third-order valence-corrected chi connectivity index (χ3v) is 2.14. The number of aliphatic hydroxyl groups excluding tert-OH is 1. The molecule has 2 atom stereocenters. The second kappa shape index (κ2) is 3.87. The molecule has 1 heterocycles. The first kappa shape index (κ1) is 9.48. The standard InChI is InChI=1S/C8H15NO3/c1-3-12-8(11)7-6(10)4-5-9(7)2/h6-7,10H,3-5H2,1-2H3/t6-,7-/m0/s1. The van der Waals surface area contributed by atoms with E-state index in [2.05, 4.69) is 0 Å². The number of carbonyl (C=O) groups excluding carboxylic acids is 1. The molecule has 0 radical (unpaired) electrons. The van der Waals surface area contributed by atoms with Crippen molar-refractivity contribution in [3.05, 3.63) is 0 Å². The van der Waals surface area contributed by atoms with Gasteiger partial charge in [0.1, 0.15) is 6.04 Å². The summed E-state index contributed by atoms with van der Waals surface area (Å²) in [6.07, 6.45) is 0.0917. The van der Waals surface area contributed by atoms with Crippen LogP contribution in [0.4, 0.5) is 0 Å². The van der Waals surface area contributed by atoms with Crippen LogP contribution < -0.4 is 0 Å². The number of hydrogen-bond donors (Lipinski definition) is 1. The number of ether oxygens (including phenoxy) is 1. The first-order valence-electron chi connectivity index (χ1n) is 4.21. The Bertz CT molecular complexity index is 162. The van der Waals surface area contributed by atoms with Crippen LogP contribution in [0.1, 0.15) is 13.3 Å². The summed E-state index contributed by atoms with van der Waals surface area (Å²) in [7, 11) is 1.82. The monoisotopic (exact) mass is 173 g/mol. The van der Waals surface area contributed by atoms with Gasteiger partial charge in [-0.15, -0.1) is 0 Å². The Morgan fingerprint density at radius 2 is 2.42 bits per heavy atom. The molecule has 0 spiro atoms. The summed E-state index contributed by atoms with van der Waals surface area (Å²) in [6.45, 7) is 2.89. The lowest BCUT2D eigenvalue weighted by Gasteiger charge is -2.19. The minimum Gasteiger partial charge on any atom is -0.465 e. The number of esters is 1. The van der Waals surface area contributed by atoms with Gasteiger partial charge in [0.2, 0.25) is 0 Å². The molecule has 1 N–H and O–H groups in total. The molecule has 0 saturated carbocycles. The molecule has 0 unspecified atom stereocenters. The molecule has 0 aliphatic carbocycles. The highest BCUT2D eigenvalue weighted by Crippen LogP contribution is 2.16. The van der Waals surface area contributed by atoms with Gasteiger partial charge in [-0.3, -0.25) is 9.69 Å². The fourth-order valence-corrected chi connectivity index (χ4v) is 1.49. The average molecular weight is 173 g/mol. The van der Waals surface area contributed by atoms with Crippen molar-refractivity contribution in [2.45, 2.75) is 25.5 Å². The molecule has 1 aliphatic heterocycles. The Morgan fingerprint density at radius 1 is 1.75 bits per heavy atom. The maximum atomic E-state index is 11.2. The van der Waals surface area contributed by atoms with Crippen molar-refractivity contribution >= 4 is 5.97 Å². The summed E-state index contributed by atoms with van der Waals surface area (Å²) in [5.41, 5.74) is 0. The minimum atomic E-state index is -0.561. The normalized spacial score (nSPS) is 30.6. The van der Waals surface area contributed by atoms with Gasteiger partial charge < -0.3 is 9.84 Å². The van der Waals surface area contributed by atoms with Gasteiger partial charge in [0, 0.05) is 6.54 Å². The van der Waals surface area contributed by atoms with Gasteiger partial charge in [0.15, 0.2) is 0 Å². The quantitative estimate of drug-likeness (QED) is 0.578. The van der Waals surface area contributed by atoms with Crippen molar-refractivity contribution < 1.29 is 14.6 Å². The van der Waals surface area contributed by atoms with Gasteiger partial charge in [0.05, 0.1) is 12.7 Å². The van der Waals surface area contributed by atoms with Gasteiger partial charge in [0.25, 0.3) is 0 Å². The fourth-order valence-electron chi connectivity index (χ4n) is 1.49. The molecule has 4 heteroatoms. The van der Waals surface area contributed by atoms with E-state index in [0.29, 0.717) is 13.0 Å². The van der Waals surface area contributed by atoms with Crippen LogP contribution >= 0.6 is 0 Å². The Hall–Kier alpha value is -0.610. The van der Waals surface area contributed by atoms with Gasteiger partial charge in [-0.25, -0.2) is 0 Å². The molecule has 0 aromatic heterocycles. The Morgan fingerprint density at radius 3 is 2.83 bits per heavy atom. The Balaban J connectivity index is 2.53. The lowest BCUT2D eigenvalue weighted by molar-refractivity contribution is -0.150. The van der Waals surface area contributed by atoms with Crippen LogP contribution in [0, 0.1) is 0 Å². The van der Waals surface area contributed by atoms with E-state index < -0.39 is 12.1 Å². The van der Waals surface area contributed by atoms with Crippen molar-refractivity contribution in [2.75, 3.05) is 20.2 Å². The zero-order valence-electron chi connectivity index (χ0n) is 7.49. The van der Waals surface area contributed by atoms with Gasteiger partial charge in [-0.1, -0.05) is 0 Å². The number of nitrogens with zero attached hydrogens (tertiary/aromatic N) is 1. The third-order valence-electron chi connectivity index (χ3n) is 2.14. The SMILES string of the molecule is CCOC(=O)[C@@H]1[C@@H](O)CCN1C. The molecule has 0 bridgehead atoms. The zero-order chi connectivity index (χ0) is 9.14. The largest absolute Gasteiger partial charge is 0.465 e. The Kier molecular flexibility index (Phi) is 3.05. The summed E-state index contributed by atoms with van der Waals surface area (Å²) in [5.74, 6) is -0.315. The van der Waals surface area contributed by atoms with E-state index in [-0.39, 0.29) is 5.97 Å². The second-order valence-electron chi connectivity index (χ2n) is 3.03. The molecular weight excluding hydrogens is 158 g/mol. The summed E-state index contributed by atoms with van der Waals surface area (Å²) >= 11 is 0. The van der Waals surface area contributed by atoms with Crippen molar-refractivity contribution in [1.29, 1.82) is 0 Å². The second-order valence-corrected chi connectivity index (χ2v) is 3.03. The predicted octanol–water partition coefficient (Wildman–Crippen LogP) is -0.386. The van der Waals surface area contributed by atoms with Crippen molar-refractivity contribution in [2.24, 2.45) is 0 Å². The van der Waals surface area contributed by atoms with E-state index in [0.717, 1.165) is 6.54 Å². The van der Waals surface area contributed by atoms with E-state index in [9.17, 15) is 9.90 Å². The van der Waals surface area contributed by atoms with E-state index in [4.69, 9.17) is 4.74 Å². The number of likely N-dealkylation sites (tertiary alicyclic amines) is 1. The van der Waals surface area contributed by atoms with Crippen molar-refractivity contribution in [3.63, 3.8) is 0 Å². The lowest BCUT2D eigenvalue weighted by atomic mass is 10.2. The van der Waals surface area contributed by atoms with Gasteiger partial charge in [-0.2, -0.15) is 0 Å². The minimum absolute atomic E-state index is 0.315. The topological polar surface area (TPSA) is 49.8 Å². The van der Waals surface area contributed by atoms with E-state index in [1.165, 1.54) is 0 Å². The molecule has 70 valence electrons. The molecule has 0 aromatic carbocycles. The zero-order valence-corrected chi connectivity index (χ0v) is 7.49. The molecule has 1 fully saturated rings. The van der Waals surface area contributed by atoms with Gasteiger partial charge >= 0.3 is 5.97 Å². The number of rotatable bonds is 2. The first-order valence-corrected chi connectivity index (χ1v) is 4.21. The summed E-state index contributed by atoms with van der Waals surface area (Å²) in [6, 6.07) is -0.454.